The molecule has 0 saturated heterocycles. The Kier molecular flexibility index (Phi) is 10.9. The van der Waals surface area contributed by atoms with Crippen LogP contribution in [0.2, 0.25) is 0 Å². The molecule has 0 fully saturated rings. The van der Waals surface area contributed by atoms with Gasteiger partial charge in [-0.3, -0.25) is 19.2 Å². The number of aromatic nitrogens is 2. The largest absolute Gasteiger partial charge is 0.444 e. The molecule has 0 aliphatic rings. The van der Waals surface area contributed by atoms with Gasteiger partial charge in [-0.2, -0.15) is 4.98 Å². The third-order valence-electron chi connectivity index (χ3n) is 4.25. The number of nitrogens with one attached hydrogen (secondary N) is 2. The van der Waals surface area contributed by atoms with Crippen LogP contribution in [-0.2, 0) is 36.3 Å². The summed E-state index contributed by atoms with van der Waals surface area (Å²) in [6.07, 6.45) is -0.943. The second kappa shape index (κ2) is 13.6. The quantitative estimate of drug-likeness (QED) is 0.351. The summed E-state index contributed by atoms with van der Waals surface area (Å²) in [5.74, 6) is -0.605. The molecule has 186 valence electrons. The third kappa shape index (κ3) is 9.44. The molecule has 2 aromatic rings. The summed E-state index contributed by atoms with van der Waals surface area (Å²) >= 11 is 0. The van der Waals surface area contributed by atoms with Crippen LogP contribution in [0.5, 0.6) is 0 Å². The van der Waals surface area contributed by atoms with Gasteiger partial charge in [-0.15, -0.1) is 0 Å². The van der Waals surface area contributed by atoms with E-state index in [2.05, 4.69) is 15.6 Å². The maximum absolute atomic E-state index is 12.4. The number of hydrogen-bond donors (Lipinski definition) is 3. The molecule has 3 N–H and O–H groups in total. The van der Waals surface area contributed by atoms with E-state index in [-0.39, 0.29) is 44.9 Å². The Balaban J connectivity index is 1.82. The minimum absolute atomic E-state index is 0.0299. The van der Waals surface area contributed by atoms with E-state index in [1.165, 1.54) is 12.3 Å². The van der Waals surface area contributed by atoms with Gasteiger partial charge in [0.1, 0.15) is 19.0 Å². The van der Waals surface area contributed by atoms with Crippen LogP contribution in [0.4, 0.5) is 10.6 Å². The smallest absolute Gasteiger partial charge is 0.413 e. The second-order valence-electron chi connectivity index (χ2n) is 7.00. The number of benzene rings is 1. The van der Waals surface area contributed by atoms with E-state index in [0.717, 1.165) is 10.1 Å². The minimum Gasteiger partial charge on any atom is -0.444 e. The predicted molar refractivity (Wildman–Crippen MR) is 123 cm³/mol. The van der Waals surface area contributed by atoms with Gasteiger partial charge in [-0.1, -0.05) is 30.3 Å². The second-order valence-corrected chi connectivity index (χ2v) is 9.10. The maximum Gasteiger partial charge on any atom is 0.413 e. The molecule has 13 heteroatoms. The van der Waals surface area contributed by atoms with Gasteiger partial charge in [-0.25, -0.2) is 9.59 Å². The van der Waals surface area contributed by atoms with Crippen molar-refractivity contribution in [3.63, 3.8) is 0 Å². The molecule has 0 aliphatic carbocycles. The number of carbonyl (C=O) groups excluding carboxylic acids is 2. The van der Waals surface area contributed by atoms with Crippen LogP contribution in [0.15, 0.2) is 47.4 Å². The average molecular weight is 496 g/mol. The lowest BCUT2D eigenvalue weighted by atomic mass is 10.2. The Morgan fingerprint density at radius 3 is 2.44 bits per heavy atom. The van der Waals surface area contributed by atoms with Gasteiger partial charge in [0, 0.05) is 12.7 Å². The number of hydrogen-bond acceptors (Lipinski definition) is 9. The lowest BCUT2D eigenvalue weighted by Crippen LogP contribution is -2.38. The van der Waals surface area contributed by atoms with Crippen molar-refractivity contribution < 1.29 is 33.0 Å². The van der Waals surface area contributed by atoms with Crippen molar-refractivity contribution in [2.45, 2.75) is 33.1 Å². The summed E-state index contributed by atoms with van der Waals surface area (Å²) in [6.45, 7) is 3.09. The summed E-state index contributed by atoms with van der Waals surface area (Å²) in [5.41, 5.74) is 0.0319. The van der Waals surface area contributed by atoms with Crippen LogP contribution in [0.25, 0.3) is 0 Å². The van der Waals surface area contributed by atoms with Crippen LogP contribution < -0.4 is 16.3 Å². The molecule has 0 spiro atoms. The van der Waals surface area contributed by atoms with E-state index in [4.69, 9.17) is 13.8 Å². The molecule has 1 aromatic heterocycles. The van der Waals surface area contributed by atoms with Gasteiger partial charge < -0.3 is 24.2 Å². The summed E-state index contributed by atoms with van der Waals surface area (Å²) in [6, 6.07) is 10.4. The van der Waals surface area contributed by atoms with E-state index < -0.39 is 31.4 Å². The van der Waals surface area contributed by atoms with Gasteiger partial charge in [0.15, 0.2) is 0 Å². The van der Waals surface area contributed by atoms with Crippen LogP contribution >= 0.6 is 7.60 Å². The Morgan fingerprint density at radius 2 is 1.82 bits per heavy atom. The fourth-order valence-corrected chi connectivity index (χ4v) is 4.50. The van der Waals surface area contributed by atoms with Crippen LogP contribution in [0.3, 0.4) is 0 Å². The molecular weight excluding hydrogens is 467 g/mol. The van der Waals surface area contributed by atoms with Crippen LogP contribution in [-0.4, -0.2) is 58.7 Å². The zero-order chi connectivity index (χ0) is 25.0. The Labute approximate surface area is 196 Å². The highest BCUT2D eigenvalue weighted by Crippen LogP contribution is 2.48. The van der Waals surface area contributed by atoms with E-state index in [9.17, 15) is 24.1 Å². The molecule has 1 atom stereocenters. The zero-order valence-electron chi connectivity index (χ0n) is 19.0. The molecule has 0 aliphatic heterocycles. The SMILES string of the molecule is CCOP(=O)(CC(O)CNC(=O)Cn1ccc(NC(=O)OCc2ccccc2)nc1=O)OCC. The molecule has 0 radical (unpaired) electrons. The fourth-order valence-electron chi connectivity index (χ4n) is 2.78. The monoisotopic (exact) mass is 496 g/mol. The van der Waals surface area contributed by atoms with Crippen LogP contribution in [0, 0.1) is 0 Å². The molecule has 2 rings (SSSR count). The molecule has 12 nitrogen and oxygen atoms in total. The summed E-state index contributed by atoms with van der Waals surface area (Å²) < 4.78 is 28.7. The summed E-state index contributed by atoms with van der Waals surface area (Å²) in [7, 11) is -3.46. The number of nitrogens with zero attached hydrogens (tertiary/aromatic N) is 2. The molecule has 1 heterocycles. The topological polar surface area (TPSA) is 158 Å². The maximum atomic E-state index is 12.4. The normalized spacial score (nSPS) is 12.1. The highest BCUT2D eigenvalue weighted by Gasteiger charge is 2.27. The van der Waals surface area contributed by atoms with Crippen molar-refractivity contribution in [3.8, 4) is 0 Å². The van der Waals surface area contributed by atoms with Crippen molar-refractivity contribution >= 4 is 25.4 Å². The van der Waals surface area contributed by atoms with Crippen molar-refractivity contribution in [2.24, 2.45) is 0 Å². The number of anilines is 1. The fraction of sp³-hybridized carbons (Fsp3) is 0.429. The molecule has 2 amide bonds. The molecule has 34 heavy (non-hydrogen) atoms. The third-order valence-corrected chi connectivity index (χ3v) is 6.42. The van der Waals surface area contributed by atoms with Crippen molar-refractivity contribution in [2.75, 3.05) is 31.2 Å². The highest BCUT2D eigenvalue weighted by molar-refractivity contribution is 7.53. The van der Waals surface area contributed by atoms with Crippen molar-refractivity contribution in [1.82, 2.24) is 14.9 Å². The minimum atomic E-state index is -3.46. The van der Waals surface area contributed by atoms with Gasteiger partial charge in [-0.05, 0) is 25.5 Å². The van der Waals surface area contributed by atoms with E-state index in [1.54, 1.807) is 26.0 Å². The zero-order valence-corrected chi connectivity index (χ0v) is 19.9. The Hall–Kier alpha value is -3.05. The Morgan fingerprint density at radius 1 is 1.15 bits per heavy atom. The van der Waals surface area contributed by atoms with E-state index in [0.29, 0.717) is 0 Å². The first-order valence-electron chi connectivity index (χ1n) is 10.6. The first kappa shape index (κ1) is 27.2. The number of aliphatic hydroxyl groups is 1. The summed E-state index contributed by atoms with van der Waals surface area (Å²) in [5, 5.41) is 14.9. The van der Waals surface area contributed by atoms with Crippen LogP contribution in [0.1, 0.15) is 19.4 Å². The molecule has 1 aromatic carbocycles. The Bertz CT molecular complexity index is 1040. The molecule has 0 saturated carbocycles. The van der Waals surface area contributed by atoms with Gasteiger partial charge in [0.2, 0.25) is 5.91 Å². The van der Waals surface area contributed by atoms with Gasteiger partial charge in [0.25, 0.3) is 0 Å². The standard InChI is InChI=1S/C21H29N4O8P/c1-3-32-34(30,33-4-2)15-17(26)12-22-19(27)13-25-11-10-18(23-20(25)28)24-21(29)31-14-16-8-6-5-7-9-16/h5-11,17,26H,3-4,12-15H2,1-2H3,(H,22,27)(H,23,24,28,29). The van der Waals surface area contributed by atoms with Gasteiger partial charge in [0.05, 0.1) is 25.5 Å². The lowest BCUT2D eigenvalue weighted by Gasteiger charge is -2.20. The van der Waals surface area contributed by atoms with Gasteiger partial charge >= 0.3 is 19.4 Å². The highest BCUT2D eigenvalue weighted by atomic mass is 31.2. The molecular formula is C21H29N4O8P. The summed E-state index contributed by atoms with van der Waals surface area (Å²) in [4.78, 5) is 39.9. The number of ether oxygens (including phenoxy) is 1. The van der Waals surface area contributed by atoms with E-state index >= 15 is 0 Å². The average Bonchev–Trinajstić information content (AvgIpc) is 2.79. The molecule has 1 unspecified atom stereocenters. The number of amides is 2. The number of aliphatic hydroxyl groups excluding tert-OH is 1. The lowest BCUT2D eigenvalue weighted by molar-refractivity contribution is -0.122. The molecule has 0 bridgehead atoms. The van der Waals surface area contributed by atoms with Crippen molar-refractivity contribution in [3.05, 3.63) is 58.6 Å². The first-order chi connectivity index (χ1) is 16.2. The van der Waals surface area contributed by atoms with E-state index in [1.807, 2.05) is 18.2 Å². The first-order valence-corrected chi connectivity index (χ1v) is 12.4. The number of rotatable bonds is 13. The predicted octanol–water partition coefficient (Wildman–Crippen LogP) is 1.74. The van der Waals surface area contributed by atoms with Crippen molar-refractivity contribution in [1.29, 1.82) is 0 Å². The number of carbonyl (C=O) groups is 2.